The number of unbranched alkanes of at least 4 members (excludes halogenated alkanes) is 1. The van der Waals surface area contributed by atoms with Crippen molar-refractivity contribution in [1.82, 2.24) is 26.3 Å². The normalized spacial score (nSPS) is 17.1. The van der Waals surface area contributed by atoms with Crippen LogP contribution in [0.25, 0.3) is 22.0 Å². The van der Waals surface area contributed by atoms with Gasteiger partial charge in [-0.05, 0) is 103 Å². The Morgan fingerprint density at radius 3 is 2.20 bits per heavy atom. The van der Waals surface area contributed by atoms with E-state index in [-0.39, 0.29) is 49.5 Å². The van der Waals surface area contributed by atoms with Crippen LogP contribution in [0.3, 0.4) is 0 Å². The van der Waals surface area contributed by atoms with Gasteiger partial charge in [-0.25, -0.2) is 0 Å². The number of nitrogens with zero attached hydrogens (tertiary/aromatic N) is 2. The number of amides is 5. The van der Waals surface area contributed by atoms with Crippen LogP contribution in [-0.4, -0.2) is 109 Å². The van der Waals surface area contributed by atoms with Crippen LogP contribution in [0.2, 0.25) is 0 Å². The Morgan fingerprint density at radius 2 is 1.49 bits per heavy atom. The van der Waals surface area contributed by atoms with Crippen LogP contribution >= 0.6 is 0 Å². The number of phenolic OH excluding ortho intramolecular Hbond substituents is 1. The molecule has 1 aromatic heterocycles. The zero-order valence-corrected chi connectivity index (χ0v) is 39.3. The molecule has 1 saturated heterocycles. The number of aromatic nitrogens is 1. The van der Waals surface area contributed by atoms with Crippen LogP contribution in [0.5, 0.6) is 5.75 Å². The van der Waals surface area contributed by atoms with Crippen molar-refractivity contribution in [3.63, 3.8) is 0 Å². The molecule has 370 valence electrons. The molecule has 0 spiro atoms. The maximum Gasteiger partial charge on any atom is 0.243 e. The number of carbonyl (C=O) groups is 5. The molecule has 0 radical (unpaired) electrons. The number of nitrogens with one attached hydrogen (secondary N) is 6. The summed E-state index contributed by atoms with van der Waals surface area (Å²) in [5.74, 6) is -3.11. The fraction of sp³-hybridized carbons (Fsp3) is 0.385. The monoisotopic (exact) mass is 956 g/mol. The highest BCUT2D eigenvalue weighted by molar-refractivity contribution is 5.98. The number of morpholine rings is 1. The van der Waals surface area contributed by atoms with Gasteiger partial charge in [-0.1, -0.05) is 61.0 Å². The molecule has 2 aliphatic rings. The number of rotatable bonds is 21. The Kier molecular flexibility index (Phi) is 17.8. The Bertz CT molecular complexity index is 2580. The SMILES string of the molecule is NC(N)=NCCCCC(NC(=O)C(Cc1ccc(-c2ccccc2)cc1)NC(=O)C(Cc1c[nH]c2ccc(O)cc12)NC(=O)[C@H]1CCC[C@H](N)C1)C(=O)NCC(=O)Nc1ccc(N2CCOCC2)cc1. The quantitative estimate of drug-likeness (QED) is 0.0289. The Morgan fingerprint density at radius 1 is 0.786 bits per heavy atom. The first-order valence-corrected chi connectivity index (χ1v) is 24.0. The molecular weight excluding hydrogens is 891 g/mol. The van der Waals surface area contributed by atoms with Gasteiger partial charge in [0.15, 0.2) is 5.96 Å². The number of aliphatic imine (C=N–C) groups is 1. The summed E-state index contributed by atoms with van der Waals surface area (Å²) in [4.78, 5) is 79.7. The summed E-state index contributed by atoms with van der Waals surface area (Å²) >= 11 is 0. The molecule has 1 aliphatic heterocycles. The third-order valence-corrected chi connectivity index (χ3v) is 12.8. The van der Waals surface area contributed by atoms with Crippen molar-refractivity contribution in [3.8, 4) is 16.9 Å². The number of benzene rings is 4. The first kappa shape index (κ1) is 50.4. The molecule has 1 aliphatic carbocycles. The average Bonchev–Trinajstić information content (AvgIpc) is 3.76. The highest BCUT2D eigenvalue weighted by Gasteiger charge is 2.33. The molecular formula is C52H65N11O7. The van der Waals surface area contributed by atoms with Gasteiger partial charge in [0.1, 0.15) is 23.9 Å². The predicted octanol–water partition coefficient (Wildman–Crippen LogP) is 3.33. The van der Waals surface area contributed by atoms with E-state index >= 15 is 0 Å². The molecule has 5 aromatic rings. The van der Waals surface area contributed by atoms with Gasteiger partial charge in [-0.15, -0.1) is 0 Å². The number of H-pyrrole nitrogens is 1. The standard InChI is InChI=1S/C52H65N11O7/c53-38-10-6-9-36(28-38)48(66)61-46(29-37-31-57-43-21-20-41(64)30-42(37)43)51(69)62-45(27-33-12-14-35(15-13-33)34-7-2-1-3-8-34)50(68)60-44(11-4-5-22-56-52(54)55)49(67)58-32-47(65)59-39-16-18-40(19-17-39)63-23-25-70-26-24-63/h1-3,7-8,12-21,30-31,36,38,44-46,57,64H,4-6,9-11,22-29,32,53H2,(H,58,67)(H,59,65)(H,60,68)(H,61,66)(H,62,69)(H4,54,55,56)/t36-,38-,44?,45?,46?/m0/s1. The number of aromatic amines is 1. The van der Waals surface area contributed by atoms with E-state index in [4.69, 9.17) is 21.9 Å². The minimum absolute atomic E-state index is 0.0251. The molecule has 0 bridgehead atoms. The van der Waals surface area contributed by atoms with Crippen LogP contribution in [0.1, 0.15) is 56.1 Å². The molecule has 5 amide bonds. The van der Waals surface area contributed by atoms with Crippen molar-refractivity contribution in [2.45, 2.75) is 82.0 Å². The van der Waals surface area contributed by atoms with Crippen LogP contribution in [0, 0.1) is 5.92 Å². The van der Waals surface area contributed by atoms with E-state index in [0.29, 0.717) is 62.1 Å². The van der Waals surface area contributed by atoms with Gasteiger partial charge in [0.25, 0.3) is 0 Å². The maximum absolute atomic E-state index is 14.7. The molecule has 1 saturated carbocycles. The zero-order chi connectivity index (χ0) is 49.4. The lowest BCUT2D eigenvalue weighted by molar-refractivity contribution is -0.134. The lowest BCUT2D eigenvalue weighted by Gasteiger charge is -2.29. The van der Waals surface area contributed by atoms with Crippen LogP contribution in [0.4, 0.5) is 11.4 Å². The van der Waals surface area contributed by atoms with Gasteiger partial charge in [-0.2, -0.15) is 0 Å². The van der Waals surface area contributed by atoms with E-state index in [9.17, 15) is 29.1 Å². The number of hydrogen-bond acceptors (Lipinski definition) is 10. The largest absolute Gasteiger partial charge is 0.508 e. The maximum atomic E-state index is 14.7. The van der Waals surface area contributed by atoms with Gasteiger partial charge in [0, 0.05) is 72.9 Å². The van der Waals surface area contributed by atoms with E-state index in [1.54, 1.807) is 36.5 Å². The summed E-state index contributed by atoms with van der Waals surface area (Å²) in [6.45, 7) is 2.75. The second kappa shape index (κ2) is 24.7. The Hall–Kier alpha value is -7.44. The fourth-order valence-electron chi connectivity index (χ4n) is 8.98. The highest BCUT2D eigenvalue weighted by Crippen LogP contribution is 2.27. The van der Waals surface area contributed by atoms with Crippen molar-refractivity contribution in [1.29, 1.82) is 0 Å². The third-order valence-electron chi connectivity index (χ3n) is 12.8. The number of carbonyl (C=O) groups excluding carboxylic acids is 5. The molecule has 13 N–H and O–H groups in total. The minimum Gasteiger partial charge on any atom is -0.508 e. The van der Waals surface area contributed by atoms with Gasteiger partial charge in [0.05, 0.1) is 19.8 Å². The summed E-state index contributed by atoms with van der Waals surface area (Å²) in [6, 6.07) is 26.1. The third kappa shape index (κ3) is 14.5. The summed E-state index contributed by atoms with van der Waals surface area (Å²) in [5, 5.41) is 25.3. The van der Waals surface area contributed by atoms with Crippen LogP contribution < -0.4 is 48.7 Å². The highest BCUT2D eigenvalue weighted by atomic mass is 16.5. The van der Waals surface area contributed by atoms with Gasteiger partial charge in [0.2, 0.25) is 29.5 Å². The smallest absolute Gasteiger partial charge is 0.243 e. The van der Waals surface area contributed by atoms with E-state index in [2.05, 4.69) is 41.5 Å². The topological polar surface area (TPSA) is 284 Å². The lowest BCUT2D eigenvalue weighted by atomic mass is 9.85. The first-order chi connectivity index (χ1) is 33.9. The summed E-state index contributed by atoms with van der Waals surface area (Å²) < 4.78 is 5.45. The molecule has 5 atom stereocenters. The average molecular weight is 956 g/mol. The predicted molar refractivity (Wildman–Crippen MR) is 271 cm³/mol. The molecule has 2 heterocycles. The number of guanidine groups is 1. The van der Waals surface area contributed by atoms with Crippen molar-refractivity contribution in [2.24, 2.45) is 28.1 Å². The molecule has 3 unspecified atom stereocenters. The molecule has 70 heavy (non-hydrogen) atoms. The molecule has 18 nitrogen and oxygen atoms in total. The van der Waals surface area contributed by atoms with E-state index in [0.717, 1.165) is 53.8 Å². The van der Waals surface area contributed by atoms with Crippen molar-refractivity contribution in [2.75, 3.05) is 49.6 Å². The van der Waals surface area contributed by atoms with Crippen LogP contribution in [-0.2, 0) is 41.6 Å². The van der Waals surface area contributed by atoms with Crippen molar-refractivity contribution < 1.29 is 33.8 Å². The molecule has 18 heteroatoms. The first-order valence-electron chi connectivity index (χ1n) is 24.0. The zero-order valence-electron chi connectivity index (χ0n) is 39.3. The van der Waals surface area contributed by atoms with Gasteiger partial charge < -0.3 is 63.5 Å². The molecule has 2 fully saturated rings. The molecule has 7 rings (SSSR count). The Labute approximate surface area is 407 Å². The number of nitrogens with two attached hydrogens (primary N) is 3. The lowest BCUT2D eigenvalue weighted by Crippen LogP contribution is -2.58. The number of hydrogen-bond donors (Lipinski definition) is 10. The second-order valence-electron chi connectivity index (χ2n) is 18.0. The Balaban J connectivity index is 1.10. The van der Waals surface area contributed by atoms with E-state index < -0.39 is 47.7 Å². The summed E-state index contributed by atoms with van der Waals surface area (Å²) in [6.07, 6.45) is 5.54. The molecule has 4 aromatic carbocycles. The number of fused-ring (bicyclic) bond motifs is 1. The van der Waals surface area contributed by atoms with Gasteiger partial charge in [-0.3, -0.25) is 29.0 Å². The van der Waals surface area contributed by atoms with Gasteiger partial charge >= 0.3 is 0 Å². The fourth-order valence-corrected chi connectivity index (χ4v) is 8.98. The minimum atomic E-state index is -1.23. The van der Waals surface area contributed by atoms with Crippen molar-refractivity contribution >= 4 is 57.8 Å². The summed E-state index contributed by atoms with van der Waals surface area (Å²) in [5.41, 5.74) is 23.0. The number of anilines is 2. The van der Waals surface area contributed by atoms with E-state index in [1.807, 2.05) is 66.7 Å². The van der Waals surface area contributed by atoms with Crippen LogP contribution in [0.15, 0.2) is 108 Å². The van der Waals surface area contributed by atoms with E-state index in [1.165, 1.54) is 0 Å². The van der Waals surface area contributed by atoms with Crippen molar-refractivity contribution in [3.05, 3.63) is 114 Å². The number of phenols is 1. The number of ether oxygens (including phenoxy) is 1. The second-order valence-corrected chi connectivity index (χ2v) is 18.0. The summed E-state index contributed by atoms with van der Waals surface area (Å²) in [7, 11) is 0. The number of aromatic hydroxyl groups is 1.